The molecule has 136 valence electrons. The van der Waals surface area contributed by atoms with Gasteiger partial charge in [0.15, 0.2) is 0 Å². The van der Waals surface area contributed by atoms with Gasteiger partial charge in [-0.25, -0.2) is 4.98 Å². The highest BCUT2D eigenvalue weighted by atomic mass is 16.2. The van der Waals surface area contributed by atoms with Crippen molar-refractivity contribution < 1.29 is 4.79 Å². The largest absolute Gasteiger partial charge is 0.361 e. The molecule has 1 aliphatic heterocycles. The van der Waals surface area contributed by atoms with Crippen molar-refractivity contribution in [3.05, 3.63) is 60.0 Å². The first-order chi connectivity index (χ1) is 13.3. The molecule has 1 aliphatic rings. The number of hydrogen-bond acceptors (Lipinski definition) is 3. The number of amides is 1. The van der Waals surface area contributed by atoms with Crippen LogP contribution >= 0.6 is 0 Å². The van der Waals surface area contributed by atoms with Crippen LogP contribution in [0.5, 0.6) is 0 Å². The highest BCUT2D eigenvalue weighted by molar-refractivity contribution is 5.96. The van der Waals surface area contributed by atoms with Gasteiger partial charge in [-0.3, -0.25) is 4.79 Å². The lowest BCUT2D eigenvalue weighted by molar-refractivity contribution is -0.117. The molecule has 1 saturated heterocycles. The summed E-state index contributed by atoms with van der Waals surface area (Å²) in [4.78, 5) is 23.7. The third kappa shape index (κ3) is 3.08. The van der Waals surface area contributed by atoms with Gasteiger partial charge in [-0.1, -0.05) is 18.2 Å². The minimum absolute atomic E-state index is 0.0328. The molecule has 2 aromatic carbocycles. The third-order valence-electron chi connectivity index (χ3n) is 5.21. The lowest BCUT2D eigenvalue weighted by Crippen LogP contribution is -2.35. The Kier molecular flexibility index (Phi) is 3.90. The van der Waals surface area contributed by atoms with E-state index >= 15 is 0 Å². The van der Waals surface area contributed by atoms with Gasteiger partial charge in [0.05, 0.1) is 17.1 Å². The van der Waals surface area contributed by atoms with Crippen LogP contribution in [0, 0.1) is 0 Å². The van der Waals surface area contributed by atoms with Crippen LogP contribution in [-0.4, -0.2) is 33.4 Å². The van der Waals surface area contributed by atoms with Crippen molar-refractivity contribution in [2.45, 2.75) is 25.3 Å². The molecule has 0 bridgehead atoms. The van der Waals surface area contributed by atoms with Gasteiger partial charge >= 0.3 is 0 Å². The molecule has 4 aromatic rings. The van der Waals surface area contributed by atoms with Crippen LogP contribution in [0.15, 0.2) is 48.7 Å². The van der Waals surface area contributed by atoms with E-state index in [4.69, 9.17) is 4.98 Å². The number of hydrogen-bond donors (Lipinski definition) is 4. The van der Waals surface area contributed by atoms with Crippen molar-refractivity contribution in [1.29, 1.82) is 0 Å². The fraction of sp³-hybridized carbons (Fsp3) is 0.238. The smallest absolute Gasteiger partial charge is 0.241 e. The number of carbonyl (C=O) groups is 1. The van der Waals surface area contributed by atoms with Crippen molar-refractivity contribution in [2.24, 2.45) is 0 Å². The number of fused-ring (bicyclic) bond motifs is 2. The summed E-state index contributed by atoms with van der Waals surface area (Å²) < 4.78 is 0. The molecule has 0 aliphatic carbocycles. The number of rotatable bonds is 4. The van der Waals surface area contributed by atoms with Gasteiger partial charge in [0.1, 0.15) is 5.82 Å². The van der Waals surface area contributed by atoms with Gasteiger partial charge in [-0.15, -0.1) is 0 Å². The van der Waals surface area contributed by atoms with E-state index in [1.54, 1.807) is 0 Å². The molecule has 0 spiro atoms. The summed E-state index contributed by atoms with van der Waals surface area (Å²) in [5, 5.41) is 7.44. The van der Waals surface area contributed by atoms with Crippen molar-refractivity contribution in [3.8, 4) is 0 Å². The Morgan fingerprint density at radius 2 is 2.11 bits per heavy atom. The molecule has 0 radical (unpaired) electrons. The van der Waals surface area contributed by atoms with Crippen molar-refractivity contribution in [2.75, 3.05) is 11.9 Å². The van der Waals surface area contributed by atoms with E-state index in [2.05, 4.69) is 32.7 Å². The van der Waals surface area contributed by atoms with Crippen LogP contribution in [0.2, 0.25) is 0 Å². The normalized spacial score (nSPS) is 17.0. The Morgan fingerprint density at radius 3 is 3.00 bits per heavy atom. The second-order valence-corrected chi connectivity index (χ2v) is 7.09. The van der Waals surface area contributed by atoms with E-state index in [1.165, 1.54) is 10.9 Å². The van der Waals surface area contributed by atoms with Crippen LogP contribution in [0.3, 0.4) is 0 Å². The molecule has 6 nitrogen and oxygen atoms in total. The molecule has 1 amide bonds. The number of carbonyl (C=O) groups excluding carboxylic acids is 1. The molecular weight excluding hydrogens is 338 g/mol. The molecule has 6 heteroatoms. The van der Waals surface area contributed by atoms with Crippen molar-refractivity contribution in [3.63, 3.8) is 0 Å². The van der Waals surface area contributed by atoms with Gasteiger partial charge in [0, 0.05) is 29.2 Å². The molecule has 5 rings (SSSR count). The monoisotopic (exact) mass is 359 g/mol. The highest BCUT2D eigenvalue weighted by Crippen LogP contribution is 2.23. The van der Waals surface area contributed by atoms with Gasteiger partial charge < -0.3 is 20.6 Å². The van der Waals surface area contributed by atoms with Crippen LogP contribution in [0.25, 0.3) is 21.9 Å². The predicted molar refractivity (Wildman–Crippen MR) is 107 cm³/mol. The maximum absolute atomic E-state index is 12.3. The second kappa shape index (κ2) is 6.55. The minimum atomic E-state index is -0.0834. The molecule has 0 saturated carbocycles. The Bertz CT molecular complexity index is 1120. The Morgan fingerprint density at radius 1 is 1.19 bits per heavy atom. The quantitative estimate of drug-likeness (QED) is 0.451. The first kappa shape index (κ1) is 16.1. The van der Waals surface area contributed by atoms with Crippen molar-refractivity contribution in [1.82, 2.24) is 20.3 Å². The molecule has 4 N–H and O–H groups in total. The van der Waals surface area contributed by atoms with E-state index in [-0.39, 0.29) is 11.9 Å². The maximum Gasteiger partial charge on any atom is 0.241 e. The number of imidazole rings is 1. The number of H-pyrrole nitrogens is 2. The number of aromatic amines is 2. The molecular formula is C21H21N5O. The number of anilines is 1. The Labute approximate surface area is 156 Å². The summed E-state index contributed by atoms with van der Waals surface area (Å²) in [7, 11) is 0. The lowest BCUT2D eigenvalue weighted by atomic mass is 10.1. The summed E-state index contributed by atoms with van der Waals surface area (Å²) in [5.41, 5.74) is 4.98. The van der Waals surface area contributed by atoms with Crippen molar-refractivity contribution >= 4 is 33.5 Å². The van der Waals surface area contributed by atoms with E-state index in [1.807, 2.05) is 36.5 Å². The average molecular weight is 359 g/mol. The first-order valence-corrected chi connectivity index (χ1v) is 9.34. The first-order valence-electron chi connectivity index (χ1n) is 9.34. The number of para-hydroxylation sites is 1. The molecule has 1 atom stereocenters. The molecule has 2 aromatic heterocycles. The second-order valence-electron chi connectivity index (χ2n) is 7.09. The van der Waals surface area contributed by atoms with E-state index < -0.39 is 0 Å². The van der Waals surface area contributed by atoms with Crippen LogP contribution in [0.1, 0.15) is 24.2 Å². The summed E-state index contributed by atoms with van der Waals surface area (Å²) in [6.07, 6.45) is 4.71. The van der Waals surface area contributed by atoms with Gasteiger partial charge in [-0.2, -0.15) is 0 Å². The third-order valence-corrected chi connectivity index (χ3v) is 5.21. The standard InChI is InChI=1S/C21H21N5O/c27-21(18-6-3-9-22-18)24-14-7-8-17-19(11-14)26-20(25-17)10-13-12-23-16-5-2-1-4-15(13)16/h1-2,4-5,7-8,11-12,18,22-23H,3,6,9-10H2,(H,24,27)(H,25,26)/t18-/m1/s1. The summed E-state index contributed by atoms with van der Waals surface area (Å²) in [6.45, 7) is 0.912. The fourth-order valence-corrected chi connectivity index (χ4v) is 3.82. The predicted octanol–water partition coefficient (Wildman–Crippen LogP) is 3.33. The lowest BCUT2D eigenvalue weighted by Gasteiger charge is -2.10. The van der Waals surface area contributed by atoms with E-state index in [0.29, 0.717) is 0 Å². The minimum Gasteiger partial charge on any atom is -0.361 e. The summed E-state index contributed by atoms with van der Waals surface area (Å²) in [5.74, 6) is 0.945. The zero-order valence-electron chi connectivity index (χ0n) is 14.9. The molecule has 0 unspecified atom stereocenters. The van der Waals surface area contributed by atoms with E-state index in [9.17, 15) is 4.79 Å². The van der Waals surface area contributed by atoms with Gasteiger partial charge in [0.2, 0.25) is 5.91 Å². The van der Waals surface area contributed by atoms with Crippen LogP contribution < -0.4 is 10.6 Å². The fourth-order valence-electron chi connectivity index (χ4n) is 3.82. The SMILES string of the molecule is O=C(Nc1ccc2nc(Cc3c[nH]c4ccccc34)[nH]c2c1)[C@H]1CCCN1. The average Bonchev–Trinajstić information content (AvgIpc) is 3.41. The molecule has 3 heterocycles. The van der Waals surface area contributed by atoms with E-state index in [0.717, 1.165) is 53.9 Å². The van der Waals surface area contributed by atoms with Crippen LogP contribution in [-0.2, 0) is 11.2 Å². The zero-order valence-corrected chi connectivity index (χ0v) is 14.9. The van der Waals surface area contributed by atoms with Crippen LogP contribution in [0.4, 0.5) is 5.69 Å². The Balaban J connectivity index is 1.38. The molecule has 1 fully saturated rings. The number of nitrogens with zero attached hydrogens (tertiary/aromatic N) is 1. The number of aromatic nitrogens is 3. The summed E-state index contributed by atoms with van der Waals surface area (Å²) in [6, 6.07) is 14.0. The Hall–Kier alpha value is -3.12. The molecule has 27 heavy (non-hydrogen) atoms. The highest BCUT2D eigenvalue weighted by Gasteiger charge is 2.22. The van der Waals surface area contributed by atoms with Gasteiger partial charge in [-0.05, 0) is 49.2 Å². The van der Waals surface area contributed by atoms with Gasteiger partial charge in [0.25, 0.3) is 0 Å². The summed E-state index contributed by atoms with van der Waals surface area (Å²) >= 11 is 0. The topological polar surface area (TPSA) is 85.6 Å². The number of nitrogens with one attached hydrogen (secondary N) is 4. The number of benzene rings is 2. The zero-order chi connectivity index (χ0) is 18.2. The maximum atomic E-state index is 12.3.